The average molecular weight is 304 g/mol. The van der Waals surface area contributed by atoms with Crippen LogP contribution >= 0.6 is 0 Å². The highest BCUT2D eigenvalue weighted by atomic mass is 16.1. The summed E-state index contributed by atoms with van der Waals surface area (Å²) in [4.78, 5) is 21.9. The fraction of sp³-hybridized carbons (Fsp3) is 0.600. The van der Waals surface area contributed by atoms with E-state index in [9.17, 15) is 9.59 Å². The maximum Gasteiger partial charge on any atom is 0.142 e. The van der Waals surface area contributed by atoms with Crippen LogP contribution in [0.2, 0.25) is 0 Å². The molecule has 0 fully saturated rings. The van der Waals surface area contributed by atoms with Gasteiger partial charge >= 0.3 is 0 Å². The van der Waals surface area contributed by atoms with Crippen LogP contribution in [0.15, 0.2) is 34.9 Å². The van der Waals surface area contributed by atoms with E-state index < -0.39 is 0 Å². The number of rotatable bonds is 11. The van der Waals surface area contributed by atoms with Crippen molar-refractivity contribution in [2.24, 2.45) is 5.92 Å². The highest BCUT2D eigenvalue weighted by Gasteiger charge is 2.06. The number of carbonyl (C=O) groups excluding carboxylic acids is 2. The van der Waals surface area contributed by atoms with Gasteiger partial charge < -0.3 is 0 Å². The zero-order valence-corrected chi connectivity index (χ0v) is 14.9. The molecule has 2 nitrogen and oxygen atoms in total. The number of Topliss-reactive ketones (excluding diaryl/α,β-unsaturated/α-hetero) is 1. The Kier molecular flexibility index (Phi) is 11.3. The normalized spacial score (nSPS) is 13.6. The predicted octanol–water partition coefficient (Wildman–Crippen LogP) is 5.59. The van der Waals surface area contributed by atoms with Crippen LogP contribution in [0.3, 0.4) is 0 Å². The van der Waals surface area contributed by atoms with Gasteiger partial charge in [-0.15, -0.1) is 0 Å². The van der Waals surface area contributed by atoms with Gasteiger partial charge in [0.05, 0.1) is 0 Å². The molecule has 0 amide bonds. The van der Waals surface area contributed by atoms with Gasteiger partial charge in [0.25, 0.3) is 0 Å². The zero-order chi connectivity index (χ0) is 17.0. The van der Waals surface area contributed by atoms with Crippen molar-refractivity contribution < 1.29 is 9.59 Å². The molecule has 124 valence electrons. The van der Waals surface area contributed by atoms with Gasteiger partial charge in [0.2, 0.25) is 0 Å². The van der Waals surface area contributed by atoms with E-state index in [1.54, 1.807) is 6.08 Å². The third kappa shape index (κ3) is 11.2. The first-order valence-electron chi connectivity index (χ1n) is 8.31. The second-order valence-electron chi connectivity index (χ2n) is 6.45. The molecule has 0 aromatic rings. The molecule has 22 heavy (non-hydrogen) atoms. The first-order chi connectivity index (χ1) is 10.4. The maximum atomic E-state index is 11.6. The van der Waals surface area contributed by atoms with Crippen LogP contribution in [0.5, 0.6) is 0 Å². The van der Waals surface area contributed by atoms with E-state index in [0.29, 0.717) is 12.2 Å². The van der Waals surface area contributed by atoms with Crippen LogP contribution in [0, 0.1) is 5.92 Å². The summed E-state index contributed by atoms with van der Waals surface area (Å²) in [6, 6.07) is 0. The molecule has 0 aromatic heterocycles. The van der Waals surface area contributed by atoms with Crippen molar-refractivity contribution >= 4 is 12.1 Å². The summed E-state index contributed by atoms with van der Waals surface area (Å²) in [5.41, 5.74) is 3.83. The third-order valence-corrected chi connectivity index (χ3v) is 3.83. The lowest BCUT2D eigenvalue weighted by atomic mass is 10.0. The lowest BCUT2D eigenvalue weighted by molar-refractivity contribution is -0.121. The molecule has 0 unspecified atom stereocenters. The van der Waals surface area contributed by atoms with E-state index in [-0.39, 0.29) is 5.92 Å². The van der Waals surface area contributed by atoms with E-state index in [0.717, 1.165) is 44.0 Å². The van der Waals surface area contributed by atoms with Crippen LogP contribution in [0.4, 0.5) is 0 Å². The SMILES string of the molecule is C/C(=C\C=O)CC/C=C(\C)CC/C=C(\C)CCC(=O)C(C)C. The minimum atomic E-state index is 0.148. The molecular formula is C20H32O2. The molecule has 0 bridgehead atoms. The number of aldehydes is 1. The summed E-state index contributed by atoms with van der Waals surface area (Å²) in [7, 11) is 0. The Morgan fingerprint density at radius 2 is 1.32 bits per heavy atom. The molecule has 0 radical (unpaired) electrons. The summed E-state index contributed by atoms with van der Waals surface area (Å²) in [6.45, 7) is 10.2. The Labute approximate surface area is 136 Å². The highest BCUT2D eigenvalue weighted by Crippen LogP contribution is 2.13. The molecule has 0 aliphatic heterocycles. The molecule has 2 heteroatoms. The van der Waals surface area contributed by atoms with Gasteiger partial charge in [0, 0.05) is 12.3 Å². The van der Waals surface area contributed by atoms with Gasteiger partial charge in [0.15, 0.2) is 0 Å². The van der Waals surface area contributed by atoms with E-state index in [2.05, 4.69) is 26.0 Å². The molecule has 0 aromatic carbocycles. The number of hydrogen-bond acceptors (Lipinski definition) is 2. The monoisotopic (exact) mass is 304 g/mol. The Morgan fingerprint density at radius 1 is 0.818 bits per heavy atom. The summed E-state index contributed by atoms with van der Waals surface area (Å²) in [5, 5.41) is 0. The van der Waals surface area contributed by atoms with Crippen LogP contribution < -0.4 is 0 Å². The molecule has 0 aliphatic carbocycles. The number of allylic oxidation sites excluding steroid dienone is 6. The minimum Gasteiger partial charge on any atom is -0.299 e. The molecule has 0 heterocycles. The number of hydrogen-bond donors (Lipinski definition) is 0. The summed E-state index contributed by atoms with van der Waals surface area (Å²) in [6.07, 6.45) is 12.6. The predicted molar refractivity (Wildman–Crippen MR) is 94.9 cm³/mol. The highest BCUT2D eigenvalue weighted by molar-refractivity contribution is 5.80. The Balaban J connectivity index is 4.01. The standard InChI is InChI=1S/C20H32O2/c1-16(2)20(22)13-12-18(4)10-6-8-17(3)9-7-11-19(5)14-15-21/h9-10,14-16H,6-8,11-13H2,1-5H3/b17-9+,18-10+,19-14+. The van der Waals surface area contributed by atoms with Crippen molar-refractivity contribution in [1.82, 2.24) is 0 Å². The van der Waals surface area contributed by atoms with Gasteiger partial charge in [0.1, 0.15) is 12.1 Å². The van der Waals surface area contributed by atoms with Crippen molar-refractivity contribution in [1.29, 1.82) is 0 Å². The second-order valence-corrected chi connectivity index (χ2v) is 6.45. The molecule has 0 saturated carbocycles. The molecule has 0 rings (SSSR count). The number of ketones is 1. The van der Waals surface area contributed by atoms with Crippen molar-refractivity contribution in [3.05, 3.63) is 34.9 Å². The first kappa shape index (κ1) is 20.6. The summed E-state index contributed by atoms with van der Waals surface area (Å²) in [5.74, 6) is 0.497. The fourth-order valence-corrected chi connectivity index (χ4v) is 2.11. The quantitative estimate of drug-likeness (QED) is 0.283. The molecule has 0 atom stereocenters. The lowest BCUT2D eigenvalue weighted by Gasteiger charge is -2.05. The van der Waals surface area contributed by atoms with Crippen LogP contribution in [-0.4, -0.2) is 12.1 Å². The fourth-order valence-electron chi connectivity index (χ4n) is 2.11. The average Bonchev–Trinajstić information content (AvgIpc) is 2.44. The smallest absolute Gasteiger partial charge is 0.142 e. The second kappa shape index (κ2) is 12.1. The van der Waals surface area contributed by atoms with Crippen LogP contribution in [0.1, 0.15) is 73.1 Å². The van der Waals surface area contributed by atoms with E-state index >= 15 is 0 Å². The van der Waals surface area contributed by atoms with Crippen LogP contribution in [-0.2, 0) is 9.59 Å². The van der Waals surface area contributed by atoms with Crippen molar-refractivity contribution in [3.8, 4) is 0 Å². The van der Waals surface area contributed by atoms with Gasteiger partial charge in [-0.25, -0.2) is 0 Å². The first-order valence-corrected chi connectivity index (χ1v) is 8.31. The Hall–Kier alpha value is -1.44. The Morgan fingerprint density at radius 3 is 1.82 bits per heavy atom. The van der Waals surface area contributed by atoms with Gasteiger partial charge in [-0.1, -0.05) is 42.7 Å². The lowest BCUT2D eigenvalue weighted by Crippen LogP contribution is -2.06. The Bertz CT molecular complexity index is 437. The molecule has 0 aliphatic rings. The van der Waals surface area contributed by atoms with E-state index in [1.165, 1.54) is 11.1 Å². The molecule has 0 spiro atoms. The van der Waals surface area contributed by atoms with E-state index in [4.69, 9.17) is 0 Å². The van der Waals surface area contributed by atoms with Crippen molar-refractivity contribution in [3.63, 3.8) is 0 Å². The number of carbonyl (C=O) groups is 2. The third-order valence-electron chi connectivity index (χ3n) is 3.83. The van der Waals surface area contributed by atoms with Crippen LogP contribution in [0.25, 0.3) is 0 Å². The minimum absolute atomic E-state index is 0.148. The van der Waals surface area contributed by atoms with Gasteiger partial charge in [-0.05, 0) is 59.0 Å². The summed E-state index contributed by atoms with van der Waals surface area (Å²) < 4.78 is 0. The van der Waals surface area contributed by atoms with Gasteiger partial charge in [-0.2, -0.15) is 0 Å². The van der Waals surface area contributed by atoms with E-state index in [1.807, 2.05) is 20.8 Å². The van der Waals surface area contributed by atoms with Crippen molar-refractivity contribution in [2.45, 2.75) is 73.1 Å². The van der Waals surface area contributed by atoms with Gasteiger partial charge in [-0.3, -0.25) is 9.59 Å². The maximum absolute atomic E-state index is 11.6. The topological polar surface area (TPSA) is 34.1 Å². The largest absolute Gasteiger partial charge is 0.299 e. The molecule has 0 N–H and O–H groups in total. The molecular weight excluding hydrogens is 272 g/mol. The zero-order valence-electron chi connectivity index (χ0n) is 14.9. The van der Waals surface area contributed by atoms with Crippen molar-refractivity contribution in [2.75, 3.05) is 0 Å². The molecule has 0 saturated heterocycles. The summed E-state index contributed by atoms with van der Waals surface area (Å²) >= 11 is 0.